The highest BCUT2D eigenvalue weighted by atomic mass is 16.3. The summed E-state index contributed by atoms with van der Waals surface area (Å²) in [4.78, 5) is 44.3. The number of carbonyl (C=O) groups excluding carboxylic acids is 2. The van der Waals surface area contributed by atoms with Crippen molar-refractivity contribution in [1.82, 2.24) is 25.0 Å². The van der Waals surface area contributed by atoms with Gasteiger partial charge in [0, 0.05) is 39.3 Å². The largest absolute Gasteiger partial charge is 0.448 e. The number of amides is 2. The van der Waals surface area contributed by atoms with E-state index in [9.17, 15) is 14.4 Å². The second-order valence-electron chi connectivity index (χ2n) is 6.55. The minimum absolute atomic E-state index is 0.0284. The Kier molecular flexibility index (Phi) is 4.88. The molecule has 138 valence electrons. The summed E-state index contributed by atoms with van der Waals surface area (Å²) in [6, 6.07) is 1.39. The average Bonchev–Trinajstić information content (AvgIpc) is 3.06. The highest BCUT2D eigenvalue weighted by molar-refractivity contribution is 5.94. The molecule has 2 aromatic heterocycles. The van der Waals surface area contributed by atoms with Crippen LogP contribution in [0.1, 0.15) is 40.1 Å². The van der Waals surface area contributed by atoms with Gasteiger partial charge < -0.3 is 14.2 Å². The smallest absolute Gasteiger partial charge is 0.277 e. The van der Waals surface area contributed by atoms with Gasteiger partial charge in [-0.15, -0.1) is 0 Å². The van der Waals surface area contributed by atoms with Gasteiger partial charge in [0.05, 0.1) is 0 Å². The standard InChI is InChI=1S/C17H21N5O4/c1-10-8-22(16(24)12-4-6-18-20-15(12)23)7-5-14(10)21(3)17(25)13-9-26-11(2)19-13/h4,6,9-10,14H,5,7-8H2,1-3H3,(H,20,23). The van der Waals surface area contributed by atoms with Gasteiger partial charge in [-0.1, -0.05) is 6.92 Å². The van der Waals surface area contributed by atoms with Crippen molar-refractivity contribution in [2.24, 2.45) is 5.92 Å². The van der Waals surface area contributed by atoms with Crippen molar-refractivity contribution in [3.63, 3.8) is 0 Å². The van der Waals surface area contributed by atoms with Gasteiger partial charge in [-0.25, -0.2) is 10.1 Å². The van der Waals surface area contributed by atoms with Crippen LogP contribution in [0.4, 0.5) is 0 Å². The summed E-state index contributed by atoms with van der Waals surface area (Å²) in [6.07, 6.45) is 3.36. The first kappa shape index (κ1) is 17.8. The molecule has 1 aliphatic rings. The molecule has 26 heavy (non-hydrogen) atoms. The maximum atomic E-state index is 12.6. The molecule has 2 atom stereocenters. The zero-order chi connectivity index (χ0) is 18.8. The van der Waals surface area contributed by atoms with Crippen LogP contribution in [0, 0.1) is 12.8 Å². The molecular formula is C17H21N5O4. The lowest BCUT2D eigenvalue weighted by Gasteiger charge is -2.41. The minimum atomic E-state index is -0.499. The van der Waals surface area contributed by atoms with Crippen molar-refractivity contribution >= 4 is 11.8 Å². The van der Waals surface area contributed by atoms with E-state index in [0.29, 0.717) is 25.4 Å². The third-order valence-corrected chi connectivity index (χ3v) is 4.76. The predicted octanol–water partition coefficient (Wildman–Crippen LogP) is 0.689. The Morgan fingerprint density at radius 3 is 2.81 bits per heavy atom. The van der Waals surface area contributed by atoms with Gasteiger partial charge in [-0.05, 0) is 18.4 Å². The van der Waals surface area contributed by atoms with Gasteiger partial charge in [0.2, 0.25) is 0 Å². The topological polar surface area (TPSA) is 112 Å². The first-order valence-electron chi connectivity index (χ1n) is 8.40. The fraction of sp³-hybridized carbons (Fsp3) is 0.471. The van der Waals surface area contributed by atoms with Crippen LogP contribution >= 0.6 is 0 Å². The Morgan fingerprint density at radius 1 is 1.42 bits per heavy atom. The number of carbonyl (C=O) groups is 2. The Balaban J connectivity index is 1.68. The molecule has 0 radical (unpaired) electrons. The molecular weight excluding hydrogens is 338 g/mol. The summed E-state index contributed by atoms with van der Waals surface area (Å²) in [5.41, 5.74) is -0.145. The van der Waals surface area contributed by atoms with Crippen molar-refractivity contribution in [3.8, 4) is 0 Å². The molecule has 1 N–H and O–H groups in total. The lowest BCUT2D eigenvalue weighted by molar-refractivity contribution is 0.0440. The molecule has 0 saturated carbocycles. The van der Waals surface area contributed by atoms with Crippen molar-refractivity contribution < 1.29 is 14.0 Å². The van der Waals surface area contributed by atoms with E-state index in [0.717, 1.165) is 0 Å². The van der Waals surface area contributed by atoms with Gasteiger partial charge in [-0.2, -0.15) is 5.10 Å². The Morgan fingerprint density at radius 2 is 2.19 bits per heavy atom. The molecule has 0 aromatic carbocycles. The van der Waals surface area contributed by atoms with Gasteiger partial charge >= 0.3 is 0 Å². The SMILES string of the molecule is Cc1nc(C(=O)N(C)C2CCN(C(=O)c3ccn[nH]c3=O)CC2C)co1. The molecule has 2 aromatic rings. The van der Waals surface area contributed by atoms with Gasteiger partial charge in [-0.3, -0.25) is 14.4 Å². The predicted molar refractivity (Wildman–Crippen MR) is 91.7 cm³/mol. The third-order valence-electron chi connectivity index (χ3n) is 4.76. The van der Waals surface area contributed by atoms with E-state index in [1.54, 1.807) is 23.8 Å². The fourth-order valence-electron chi connectivity index (χ4n) is 3.37. The molecule has 0 aliphatic carbocycles. The molecule has 2 unspecified atom stereocenters. The van der Waals surface area contributed by atoms with E-state index in [-0.39, 0.29) is 35.0 Å². The maximum absolute atomic E-state index is 12.6. The average molecular weight is 359 g/mol. The van der Waals surface area contributed by atoms with E-state index in [1.807, 2.05) is 6.92 Å². The monoisotopic (exact) mass is 359 g/mol. The van der Waals surface area contributed by atoms with Crippen LogP contribution in [0.3, 0.4) is 0 Å². The number of nitrogens with one attached hydrogen (secondary N) is 1. The van der Waals surface area contributed by atoms with Crippen LogP contribution in [0.15, 0.2) is 27.7 Å². The number of hydrogen-bond acceptors (Lipinski definition) is 6. The number of aromatic nitrogens is 3. The summed E-state index contributed by atoms with van der Waals surface area (Å²) in [6.45, 7) is 4.59. The molecule has 0 bridgehead atoms. The van der Waals surface area contributed by atoms with Crippen LogP contribution < -0.4 is 5.56 Å². The van der Waals surface area contributed by atoms with Crippen molar-refractivity contribution in [2.45, 2.75) is 26.3 Å². The number of hydrogen-bond donors (Lipinski definition) is 1. The second kappa shape index (κ2) is 7.11. The summed E-state index contributed by atoms with van der Waals surface area (Å²) in [5, 5.41) is 5.88. The quantitative estimate of drug-likeness (QED) is 0.863. The number of H-pyrrole nitrogens is 1. The number of piperidine rings is 1. The third kappa shape index (κ3) is 3.37. The normalized spacial score (nSPS) is 20.0. The fourth-order valence-corrected chi connectivity index (χ4v) is 3.37. The highest BCUT2D eigenvalue weighted by Crippen LogP contribution is 2.23. The summed E-state index contributed by atoms with van der Waals surface area (Å²) < 4.78 is 5.11. The molecule has 2 amide bonds. The van der Waals surface area contributed by atoms with Crippen molar-refractivity contribution in [1.29, 1.82) is 0 Å². The zero-order valence-electron chi connectivity index (χ0n) is 14.9. The van der Waals surface area contributed by atoms with E-state index in [1.165, 1.54) is 18.5 Å². The first-order valence-corrected chi connectivity index (χ1v) is 8.40. The number of oxazole rings is 1. The number of rotatable bonds is 3. The lowest BCUT2D eigenvalue weighted by Crippen LogP contribution is -2.52. The van der Waals surface area contributed by atoms with E-state index in [2.05, 4.69) is 15.2 Å². The minimum Gasteiger partial charge on any atom is -0.448 e. The maximum Gasteiger partial charge on any atom is 0.277 e. The van der Waals surface area contributed by atoms with Crippen molar-refractivity contribution in [2.75, 3.05) is 20.1 Å². The van der Waals surface area contributed by atoms with Gasteiger partial charge in [0.25, 0.3) is 17.4 Å². The van der Waals surface area contributed by atoms with Crippen LogP contribution in [0.25, 0.3) is 0 Å². The molecule has 0 spiro atoms. The second-order valence-corrected chi connectivity index (χ2v) is 6.55. The Bertz CT molecular complexity index is 874. The molecule has 1 saturated heterocycles. The molecule has 3 heterocycles. The molecule has 3 rings (SSSR count). The van der Waals surface area contributed by atoms with Crippen LogP contribution in [0.2, 0.25) is 0 Å². The Labute approximate surface area is 150 Å². The summed E-state index contributed by atoms with van der Waals surface area (Å²) in [7, 11) is 1.73. The van der Waals surface area contributed by atoms with Crippen LogP contribution in [-0.2, 0) is 0 Å². The van der Waals surface area contributed by atoms with E-state index in [4.69, 9.17) is 4.42 Å². The summed E-state index contributed by atoms with van der Waals surface area (Å²) >= 11 is 0. The molecule has 1 fully saturated rings. The van der Waals surface area contributed by atoms with E-state index < -0.39 is 5.56 Å². The van der Waals surface area contributed by atoms with E-state index >= 15 is 0 Å². The summed E-state index contributed by atoms with van der Waals surface area (Å²) in [5.74, 6) is -0.0301. The number of aromatic amines is 1. The van der Waals surface area contributed by atoms with Gasteiger partial charge in [0.1, 0.15) is 11.8 Å². The van der Waals surface area contributed by atoms with Gasteiger partial charge in [0.15, 0.2) is 11.6 Å². The van der Waals surface area contributed by atoms with Crippen LogP contribution in [0.5, 0.6) is 0 Å². The number of likely N-dealkylation sites (tertiary alicyclic amines) is 1. The molecule has 9 heteroatoms. The molecule has 1 aliphatic heterocycles. The van der Waals surface area contributed by atoms with Crippen LogP contribution in [-0.4, -0.2) is 63.0 Å². The number of nitrogens with zero attached hydrogens (tertiary/aromatic N) is 4. The molecule has 9 nitrogen and oxygen atoms in total. The zero-order valence-corrected chi connectivity index (χ0v) is 14.9. The first-order chi connectivity index (χ1) is 12.4. The highest BCUT2D eigenvalue weighted by Gasteiger charge is 2.34. The number of aryl methyl sites for hydroxylation is 1. The van der Waals surface area contributed by atoms with Crippen molar-refractivity contribution in [3.05, 3.63) is 46.0 Å². The Hall–Kier alpha value is -2.97. The lowest BCUT2D eigenvalue weighted by atomic mass is 9.92.